The molecule has 4 N–H and O–H groups in total. The van der Waals surface area contributed by atoms with E-state index in [2.05, 4.69) is 10.6 Å². The number of rotatable bonds is 2. The van der Waals surface area contributed by atoms with Gasteiger partial charge >= 0.3 is 6.03 Å². The molecule has 0 spiro atoms. The number of nitrogens with one attached hydrogen (secondary N) is 2. The quantitative estimate of drug-likeness (QED) is 0.717. The van der Waals surface area contributed by atoms with Crippen molar-refractivity contribution >= 4 is 17.4 Å². The van der Waals surface area contributed by atoms with E-state index in [1.807, 2.05) is 13.8 Å². The van der Waals surface area contributed by atoms with Crippen LogP contribution in [-0.2, 0) is 4.74 Å². The fraction of sp³-hybridized carbons (Fsp3) is 0.500. The van der Waals surface area contributed by atoms with Gasteiger partial charge in [0.15, 0.2) is 0 Å². The zero-order valence-electron chi connectivity index (χ0n) is 11.4. The van der Waals surface area contributed by atoms with Crippen molar-refractivity contribution in [3.8, 4) is 0 Å². The van der Waals surface area contributed by atoms with Crippen LogP contribution in [0.5, 0.6) is 0 Å². The molecule has 1 heterocycles. The average Bonchev–Trinajstić information content (AvgIpc) is 2.30. The maximum absolute atomic E-state index is 11.9. The van der Waals surface area contributed by atoms with Crippen molar-refractivity contribution < 1.29 is 9.53 Å². The van der Waals surface area contributed by atoms with Crippen molar-refractivity contribution in [3.05, 3.63) is 24.3 Å². The number of nitrogens with two attached hydrogens (primary N) is 1. The Labute approximate surface area is 113 Å². The molecule has 0 bridgehead atoms. The Hall–Kier alpha value is -1.75. The van der Waals surface area contributed by atoms with Crippen LogP contribution in [0, 0.1) is 0 Å². The second-order valence-electron chi connectivity index (χ2n) is 5.52. The molecule has 0 aliphatic carbocycles. The maximum Gasteiger partial charge on any atom is 0.319 e. The number of amides is 2. The molecule has 19 heavy (non-hydrogen) atoms. The van der Waals surface area contributed by atoms with Gasteiger partial charge in [-0.1, -0.05) is 0 Å². The number of anilines is 2. The Bertz CT molecular complexity index is 443. The minimum Gasteiger partial charge on any atom is -0.399 e. The topological polar surface area (TPSA) is 76.4 Å². The van der Waals surface area contributed by atoms with Gasteiger partial charge in [-0.05, 0) is 51.0 Å². The van der Waals surface area contributed by atoms with Gasteiger partial charge in [0.05, 0.1) is 5.60 Å². The Morgan fingerprint density at radius 2 is 2.05 bits per heavy atom. The first-order valence-corrected chi connectivity index (χ1v) is 6.52. The summed E-state index contributed by atoms with van der Waals surface area (Å²) in [5, 5.41) is 5.77. The van der Waals surface area contributed by atoms with Crippen molar-refractivity contribution in [2.45, 2.75) is 38.3 Å². The van der Waals surface area contributed by atoms with E-state index in [0.29, 0.717) is 12.3 Å². The molecule has 1 saturated heterocycles. The number of nitrogen functional groups attached to an aromatic ring is 1. The number of carbonyl (C=O) groups excluding carboxylic acids is 1. The number of ether oxygens (including phenoxy) is 1. The summed E-state index contributed by atoms with van der Waals surface area (Å²) < 4.78 is 5.62. The van der Waals surface area contributed by atoms with E-state index >= 15 is 0 Å². The molecule has 104 valence electrons. The van der Waals surface area contributed by atoms with E-state index < -0.39 is 0 Å². The van der Waals surface area contributed by atoms with Crippen LogP contribution in [0.2, 0.25) is 0 Å². The third-order valence-corrected chi connectivity index (χ3v) is 3.20. The number of urea groups is 1. The Morgan fingerprint density at radius 1 is 1.37 bits per heavy atom. The van der Waals surface area contributed by atoms with Crippen LogP contribution in [0.25, 0.3) is 0 Å². The smallest absolute Gasteiger partial charge is 0.319 e. The highest BCUT2D eigenvalue weighted by molar-refractivity contribution is 5.89. The summed E-state index contributed by atoms with van der Waals surface area (Å²) in [5.74, 6) is 0. The highest BCUT2D eigenvalue weighted by Crippen LogP contribution is 2.23. The first-order valence-electron chi connectivity index (χ1n) is 6.52. The fourth-order valence-electron chi connectivity index (χ4n) is 2.27. The van der Waals surface area contributed by atoms with Crippen molar-refractivity contribution in [3.63, 3.8) is 0 Å². The monoisotopic (exact) mass is 263 g/mol. The lowest BCUT2D eigenvalue weighted by molar-refractivity contribution is -0.0609. The lowest BCUT2D eigenvalue weighted by Gasteiger charge is -2.35. The summed E-state index contributed by atoms with van der Waals surface area (Å²) >= 11 is 0. The standard InChI is InChI=1S/C14H21N3O2/c1-14(2)9-12(7-8-19-14)17-13(18)16-11-5-3-10(15)4-6-11/h3-6,12H,7-9,15H2,1-2H3,(H2,16,17,18). The molecule has 1 aliphatic rings. The molecule has 1 aliphatic heterocycles. The van der Waals surface area contributed by atoms with E-state index in [9.17, 15) is 4.79 Å². The van der Waals surface area contributed by atoms with Gasteiger partial charge in [0.2, 0.25) is 0 Å². The van der Waals surface area contributed by atoms with Crippen molar-refractivity contribution in [2.24, 2.45) is 0 Å². The molecule has 2 amide bonds. The van der Waals surface area contributed by atoms with Gasteiger partial charge in [0.1, 0.15) is 0 Å². The summed E-state index contributed by atoms with van der Waals surface area (Å²) in [6.07, 6.45) is 1.67. The molecular formula is C14H21N3O2. The van der Waals surface area contributed by atoms with Crippen LogP contribution in [0.15, 0.2) is 24.3 Å². The summed E-state index contributed by atoms with van der Waals surface area (Å²) in [4.78, 5) is 11.9. The summed E-state index contributed by atoms with van der Waals surface area (Å²) in [6, 6.07) is 7.04. The highest BCUT2D eigenvalue weighted by atomic mass is 16.5. The van der Waals surface area contributed by atoms with Crippen molar-refractivity contribution in [1.29, 1.82) is 0 Å². The third-order valence-electron chi connectivity index (χ3n) is 3.20. The van der Waals surface area contributed by atoms with E-state index in [0.717, 1.165) is 18.5 Å². The summed E-state index contributed by atoms with van der Waals surface area (Å²) in [6.45, 7) is 4.76. The van der Waals surface area contributed by atoms with E-state index in [1.54, 1.807) is 24.3 Å². The minimum absolute atomic E-state index is 0.150. The van der Waals surface area contributed by atoms with E-state index in [-0.39, 0.29) is 17.7 Å². The molecule has 0 saturated carbocycles. The molecule has 2 rings (SSSR count). The van der Waals surface area contributed by atoms with Gasteiger partial charge in [-0.2, -0.15) is 0 Å². The predicted molar refractivity (Wildman–Crippen MR) is 76.1 cm³/mol. The number of benzene rings is 1. The predicted octanol–water partition coefficient (Wildman–Crippen LogP) is 2.35. The molecule has 0 aromatic heterocycles. The molecule has 1 unspecified atom stereocenters. The Morgan fingerprint density at radius 3 is 2.68 bits per heavy atom. The Balaban J connectivity index is 1.85. The first-order chi connectivity index (χ1) is 8.94. The van der Waals surface area contributed by atoms with Crippen LogP contribution in [0.1, 0.15) is 26.7 Å². The summed E-state index contributed by atoms with van der Waals surface area (Å²) in [7, 11) is 0. The highest BCUT2D eigenvalue weighted by Gasteiger charge is 2.29. The maximum atomic E-state index is 11.9. The zero-order chi connectivity index (χ0) is 13.9. The van der Waals surface area contributed by atoms with E-state index in [4.69, 9.17) is 10.5 Å². The molecular weight excluding hydrogens is 242 g/mol. The minimum atomic E-state index is -0.188. The van der Waals surface area contributed by atoms with Gasteiger partial charge in [0.25, 0.3) is 0 Å². The fourth-order valence-corrected chi connectivity index (χ4v) is 2.27. The molecule has 1 aromatic rings. The molecule has 5 nitrogen and oxygen atoms in total. The van der Waals surface area contributed by atoms with Gasteiger partial charge in [-0.25, -0.2) is 4.79 Å². The number of hydrogen-bond donors (Lipinski definition) is 3. The Kier molecular flexibility index (Phi) is 3.95. The second-order valence-corrected chi connectivity index (χ2v) is 5.52. The van der Waals surface area contributed by atoms with Gasteiger partial charge < -0.3 is 21.1 Å². The van der Waals surface area contributed by atoms with Crippen LogP contribution >= 0.6 is 0 Å². The van der Waals surface area contributed by atoms with Crippen molar-refractivity contribution in [2.75, 3.05) is 17.7 Å². The van der Waals surface area contributed by atoms with Gasteiger partial charge in [-0.15, -0.1) is 0 Å². The summed E-state index contributed by atoms with van der Waals surface area (Å²) in [5.41, 5.74) is 6.84. The van der Waals surface area contributed by atoms with Crippen LogP contribution in [-0.4, -0.2) is 24.3 Å². The SMILES string of the molecule is CC1(C)CC(NC(=O)Nc2ccc(N)cc2)CCO1. The van der Waals surface area contributed by atoms with Crippen LogP contribution in [0.4, 0.5) is 16.2 Å². The zero-order valence-corrected chi connectivity index (χ0v) is 11.4. The largest absolute Gasteiger partial charge is 0.399 e. The molecule has 5 heteroatoms. The van der Waals surface area contributed by atoms with Crippen LogP contribution in [0.3, 0.4) is 0 Å². The molecule has 1 aromatic carbocycles. The van der Waals surface area contributed by atoms with Gasteiger partial charge in [0, 0.05) is 24.0 Å². The molecule has 1 atom stereocenters. The molecule has 1 fully saturated rings. The average molecular weight is 263 g/mol. The second kappa shape index (κ2) is 5.48. The lowest BCUT2D eigenvalue weighted by atomic mass is 9.94. The number of hydrogen-bond acceptors (Lipinski definition) is 3. The molecule has 0 radical (unpaired) electrons. The first kappa shape index (κ1) is 13.7. The number of carbonyl (C=O) groups is 1. The van der Waals surface area contributed by atoms with E-state index in [1.165, 1.54) is 0 Å². The third kappa shape index (κ3) is 4.13. The van der Waals surface area contributed by atoms with Gasteiger partial charge in [-0.3, -0.25) is 0 Å². The van der Waals surface area contributed by atoms with Crippen molar-refractivity contribution in [1.82, 2.24) is 5.32 Å². The normalized spacial score (nSPS) is 21.7. The van der Waals surface area contributed by atoms with Crippen LogP contribution < -0.4 is 16.4 Å². The lowest BCUT2D eigenvalue weighted by Crippen LogP contribution is -2.47.